The van der Waals surface area contributed by atoms with E-state index >= 15 is 0 Å². The minimum atomic E-state index is -0.983. The fourth-order valence-electron chi connectivity index (χ4n) is 2.75. The normalized spacial score (nSPS) is 10.7. The number of hydrogen-bond acceptors (Lipinski definition) is 8. The molecule has 0 fully saturated rings. The smallest absolute Gasteiger partial charge is 0.343 e. The molecule has 0 aliphatic heterocycles. The highest BCUT2D eigenvalue weighted by atomic mass is 35.5. The van der Waals surface area contributed by atoms with E-state index in [0.717, 1.165) is 16.9 Å². The standard InChI is InChI=1S/C24H16ClN5O4S/c25-18-11-9-17(10-12-18)23(33)34-19-8-4-5-15(13-19)14-26-28-21(32)20(31)27-24-30-29-22(35-24)16-6-2-1-3-7-16/h1-14H,(H,28,32)(H,27,30,31)/b26-14-. The van der Waals surface area contributed by atoms with Crippen molar-refractivity contribution in [2.75, 3.05) is 5.32 Å². The molecule has 3 aromatic carbocycles. The molecule has 0 aliphatic carbocycles. The lowest BCUT2D eigenvalue weighted by Gasteiger charge is -2.05. The molecular weight excluding hydrogens is 490 g/mol. The topological polar surface area (TPSA) is 123 Å². The number of hydrogen-bond donors (Lipinski definition) is 2. The van der Waals surface area contributed by atoms with Crippen LogP contribution in [-0.2, 0) is 9.59 Å². The van der Waals surface area contributed by atoms with Gasteiger partial charge in [0, 0.05) is 10.6 Å². The number of nitrogens with one attached hydrogen (secondary N) is 2. The first-order valence-electron chi connectivity index (χ1n) is 10.1. The minimum Gasteiger partial charge on any atom is -0.423 e. The Bertz CT molecular complexity index is 1390. The zero-order valence-electron chi connectivity index (χ0n) is 17.8. The number of hydrazone groups is 1. The molecule has 0 aliphatic rings. The molecule has 0 atom stereocenters. The number of nitrogens with zero attached hydrogens (tertiary/aromatic N) is 3. The van der Waals surface area contributed by atoms with Crippen LogP contribution >= 0.6 is 22.9 Å². The molecule has 2 N–H and O–H groups in total. The van der Waals surface area contributed by atoms with Gasteiger partial charge in [-0.15, -0.1) is 10.2 Å². The Morgan fingerprint density at radius 2 is 1.69 bits per heavy atom. The number of ether oxygens (including phenoxy) is 1. The van der Waals surface area contributed by atoms with Crippen molar-refractivity contribution in [2.45, 2.75) is 0 Å². The van der Waals surface area contributed by atoms with E-state index < -0.39 is 17.8 Å². The van der Waals surface area contributed by atoms with Gasteiger partial charge in [-0.3, -0.25) is 14.9 Å². The zero-order valence-corrected chi connectivity index (χ0v) is 19.4. The SMILES string of the molecule is O=C(N/N=C\c1cccc(OC(=O)c2ccc(Cl)cc2)c1)C(=O)Nc1nnc(-c2ccccc2)s1. The highest BCUT2D eigenvalue weighted by Crippen LogP contribution is 2.25. The summed E-state index contributed by atoms with van der Waals surface area (Å²) in [7, 11) is 0. The monoisotopic (exact) mass is 505 g/mol. The maximum Gasteiger partial charge on any atom is 0.343 e. The van der Waals surface area contributed by atoms with Gasteiger partial charge in [0.15, 0.2) is 0 Å². The van der Waals surface area contributed by atoms with Gasteiger partial charge in [0.2, 0.25) is 5.13 Å². The highest BCUT2D eigenvalue weighted by Gasteiger charge is 2.16. The van der Waals surface area contributed by atoms with Crippen LogP contribution < -0.4 is 15.5 Å². The third kappa shape index (κ3) is 6.56. The molecule has 0 spiro atoms. The molecule has 9 nitrogen and oxygen atoms in total. The summed E-state index contributed by atoms with van der Waals surface area (Å²) >= 11 is 6.96. The molecule has 11 heteroatoms. The van der Waals surface area contributed by atoms with Gasteiger partial charge in [0.1, 0.15) is 10.8 Å². The van der Waals surface area contributed by atoms with E-state index in [4.69, 9.17) is 16.3 Å². The summed E-state index contributed by atoms with van der Waals surface area (Å²) in [5.41, 5.74) is 3.86. The summed E-state index contributed by atoms with van der Waals surface area (Å²) in [6.07, 6.45) is 1.31. The summed E-state index contributed by atoms with van der Waals surface area (Å²) in [6.45, 7) is 0. The van der Waals surface area contributed by atoms with Crippen LogP contribution in [0.1, 0.15) is 15.9 Å². The number of amides is 2. The average molecular weight is 506 g/mol. The van der Waals surface area contributed by atoms with E-state index in [0.29, 0.717) is 21.2 Å². The predicted molar refractivity (Wildman–Crippen MR) is 133 cm³/mol. The van der Waals surface area contributed by atoms with Crippen LogP contribution in [0, 0.1) is 0 Å². The van der Waals surface area contributed by atoms with Crippen LogP contribution in [0.15, 0.2) is 84.0 Å². The summed E-state index contributed by atoms with van der Waals surface area (Å²) < 4.78 is 5.34. The lowest BCUT2D eigenvalue weighted by atomic mass is 10.2. The second-order valence-electron chi connectivity index (χ2n) is 6.90. The van der Waals surface area contributed by atoms with E-state index in [2.05, 4.69) is 26.0 Å². The quantitative estimate of drug-likeness (QED) is 0.133. The molecule has 174 valence electrons. The largest absolute Gasteiger partial charge is 0.423 e. The summed E-state index contributed by atoms with van der Waals surface area (Å²) in [4.78, 5) is 36.4. The number of aromatic nitrogens is 2. The van der Waals surface area contributed by atoms with Gasteiger partial charge in [-0.1, -0.05) is 65.4 Å². The molecule has 1 aromatic heterocycles. The third-order valence-electron chi connectivity index (χ3n) is 4.40. The molecule has 1 heterocycles. The van der Waals surface area contributed by atoms with E-state index in [1.165, 1.54) is 6.21 Å². The Labute approximate surface area is 208 Å². The Kier molecular flexibility index (Phi) is 7.56. The minimum absolute atomic E-state index is 0.184. The lowest BCUT2D eigenvalue weighted by molar-refractivity contribution is -0.136. The van der Waals surface area contributed by atoms with Gasteiger partial charge >= 0.3 is 17.8 Å². The summed E-state index contributed by atoms with van der Waals surface area (Å²) in [5, 5.41) is 15.3. The summed E-state index contributed by atoms with van der Waals surface area (Å²) in [6, 6.07) is 22.1. The van der Waals surface area contributed by atoms with Gasteiger partial charge in [-0.2, -0.15) is 5.10 Å². The van der Waals surface area contributed by atoms with Crippen molar-refractivity contribution in [1.29, 1.82) is 0 Å². The fraction of sp³-hybridized carbons (Fsp3) is 0. The molecular formula is C24H16ClN5O4S. The number of anilines is 1. The zero-order chi connectivity index (χ0) is 24.6. The van der Waals surface area contributed by atoms with Crippen molar-refractivity contribution >= 4 is 52.1 Å². The molecule has 0 saturated carbocycles. The first-order chi connectivity index (χ1) is 17.0. The number of carbonyl (C=O) groups is 3. The second kappa shape index (κ2) is 11.1. The van der Waals surface area contributed by atoms with E-state index in [-0.39, 0.29) is 10.9 Å². The number of rotatable bonds is 6. The molecule has 0 bridgehead atoms. The van der Waals surface area contributed by atoms with Crippen molar-refractivity contribution in [3.05, 3.63) is 95.0 Å². The molecule has 0 radical (unpaired) electrons. The Hall–Kier alpha value is -4.41. The molecule has 4 rings (SSSR count). The van der Waals surface area contributed by atoms with E-state index in [1.54, 1.807) is 48.5 Å². The van der Waals surface area contributed by atoms with Crippen molar-refractivity contribution in [1.82, 2.24) is 15.6 Å². The molecule has 35 heavy (non-hydrogen) atoms. The fourth-order valence-corrected chi connectivity index (χ4v) is 3.62. The Morgan fingerprint density at radius 3 is 2.46 bits per heavy atom. The third-order valence-corrected chi connectivity index (χ3v) is 5.54. The lowest BCUT2D eigenvalue weighted by Crippen LogP contribution is -2.32. The van der Waals surface area contributed by atoms with Gasteiger partial charge < -0.3 is 4.74 Å². The van der Waals surface area contributed by atoms with Crippen LogP contribution in [0.5, 0.6) is 5.75 Å². The van der Waals surface area contributed by atoms with Crippen LogP contribution in [-0.4, -0.2) is 34.2 Å². The van der Waals surface area contributed by atoms with Crippen molar-refractivity contribution in [3.8, 4) is 16.3 Å². The van der Waals surface area contributed by atoms with Crippen LogP contribution in [0.4, 0.5) is 5.13 Å². The van der Waals surface area contributed by atoms with Crippen LogP contribution in [0.2, 0.25) is 5.02 Å². The molecule has 4 aromatic rings. The van der Waals surface area contributed by atoms with E-state index in [1.807, 2.05) is 30.3 Å². The predicted octanol–water partition coefficient (Wildman–Crippen LogP) is 4.17. The number of esters is 1. The van der Waals surface area contributed by atoms with Crippen LogP contribution in [0.25, 0.3) is 10.6 Å². The Balaban J connectivity index is 1.30. The van der Waals surface area contributed by atoms with Crippen molar-refractivity contribution < 1.29 is 19.1 Å². The molecule has 0 saturated heterocycles. The van der Waals surface area contributed by atoms with Crippen molar-refractivity contribution in [2.24, 2.45) is 5.10 Å². The maximum absolute atomic E-state index is 12.2. The number of benzene rings is 3. The van der Waals surface area contributed by atoms with Crippen molar-refractivity contribution in [3.63, 3.8) is 0 Å². The van der Waals surface area contributed by atoms with Gasteiger partial charge in [0.25, 0.3) is 0 Å². The van der Waals surface area contributed by atoms with Gasteiger partial charge in [-0.05, 0) is 42.0 Å². The van der Waals surface area contributed by atoms with Crippen LogP contribution in [0.3, 0.4) is 0 Å². The van der Waals surface area contributed by atoms with Gasteiger partial charge in [-0.25, -0.2) is 10.2 Å². The average Bonchev–Trinajstić information content (AvgIpc) is 3.33. The summed E-state index contributed by atoms with van der Waals surface area (Å²) in [5.74, 6) is -2.19. The first kappa shape index (κ1) is 23.7. The molecule has 0 unspecified atom stereocenters. The maximum atomic E-state index is 12.2. The first-order valence-corrected chi connectivity index (χ1v) is 11.3. The highest BCUT2D eigenvalue weighted by molar-refractivity contribution is 7.18. The van der Waals surface area contributed by atoms with E-state index in [9.17, 15) is 14.4 Å². The van der Waals surface area contributed by atoms with Gasteiger partial charge in [0.05, 0.1) is 11.8 Å². The second-order valence-corrected chi connectivity index (χ2v) is 8.31. The molecule has 2 amide bonds. The number of carbonyl (C=O) groups excluding carboxylic acids is 3. The Morgan fingerprint density at radius 1 is 0.914 bits per heavy atom. The number of halogens is 1.